The number of aromatic nitrogens is 2. The SMILES string of the molecule is Cc1sc2nc(CN3CCCC3CO)[nH]c(=O)c2c1C. The van der Waals surface area contributed by atoms with E-state index in [1.807, 2.05) is 13.8 Å². The minimum atomic E-state index is -0.0494. The van der Waals surface area contributed by atoms with Crippen LogP contribution in [0.5, 0.6) is 0 Å². The standard InChI is InChI=1S/C14H19N3O2S/c1-8-9(2)20-14-12(8)13(19)15-11(16-14)6-17-5-3-4-10(17)7-18/h10,18H,3-7H2,1-2H3,(H,15,16,19). The first kappa shape index (κ1) is 13.7. The van der Waals surface area contributed by atoms with E-state index in [-0.39, 0.29) is 18.2 Å². The van der Waals surface area contributed by atoms with Gasteiger partial charge in [0.15, 0.2) is 0 Å². The van der Waals surface area contributed by atoms with Crippen molar-refractivity contribution in [3.05, 3.63) is 26.6 Å². The van der Waals surface area contributed by atoms with Gasteiger partial charge in [0.1, 0.15) is 10.7 Å². The van der Waals surface area contributed by atoms with E-state index >= 15 is 0 Å². The van der Waals surface area contributed by atoms with Crippen LogP contribution in [0.15, 0.2) is 4.79 Å². The number of aromatic amines is 1. The summed E-state index contributed by atoms with van der Waals surface area (Å²) in [5, 5.41) is 10.1. The molecule has 0 radical (unpaired) electrons. The number of rotatable bonds is 3. The second kappa shape index (κ2) is 5.27. The molecule has 0 aromatic carbocycles. The molecule has 2 aromatic rings. The quantitative estimate of drug-likeness (QED) is 0.901. The second-order valence-corrected chi connectivity index (χ2v) is 6.63. The average Bonchev–Trinajstić information content (AvgIpc) is 2.95. The molecular weight excluding hydrogens is 274 g/mol. The van der Waals surface area contributed by atoms with Gasteiger partial charge in [0.2, 0.25) is 0 Å². The predicted molar refractivity (Wildman–Crippen MR) is 80.2 cm³/mol. The van der Waals surface area contributed by atoms with E-state index in [0.717, 1.165) is 40.0 Å². The number of aryl methyl sites for hydroxylation is 2. The zero-order valence-corrected chi connectivity index (χ0v) is 12.6. The third-order valence-electron chi connectivity index (χ3n) is 4.15. The summed E-state index contributed by atoms with van der Waals surface area (Å²) in [6, 6.07) is 0.197. The smallest absolute Gasteiger partial charge is 0.259 e. The number of fused-ring (bicyclic) bond motifs is 1. The molecule has 1 unspecified atom stereocenters. The van der Waals surface area contributed by atoms with Crippen LogP contribution in [-0.4, -0.2) is 39.2 Å². The Bertz CT molecular complexity index is 692. The van der Waals surface area contributed by atoms with Crippen molar-refractivity contribution < 1.29 is 5.11 Å². The molecule has 5 nitrogen and oxygen atoms in total. The zero-order valence-electron chi connectivity index (χ0n) is 11.8. The summed E-state index contributed by atoms with van der Waals surface area (Å²) in [5.41, 5.74) is 0.978. The molecule has 6 heteroatoms. The second-order valence-electron chi connectivity index (χ2n) is 5.43. The Morgan fingerprint density at radius 3 is 3.05 bits per heavy atom. The van der Waals surface area contributed by atoms with Crippen molar-refractivity contribution in [2.75, 3.05) is 13.2 Å². The van der Waals surface area contributed by atoms with Crippen molar-refractivity contribution in [2.24, 2.45) is 0 Å². The number of H-pyrrole nitrogens is 1. The highest BCUT2D eigenvalue weighted by Gasteiger charge is 2.24. The molecule has 2 aromatic heterocycles. The van der Waals surface area contributed by atoms with Gasteiger partial charge in [-0.2, -0.15) is 0 Å². The van der Waals surface area contributed by atoms with Gasteiger partial charge in [-0.05, 0) is 38.8 Å². The molecule has 1 saturated heterocycles. The molecular formula is C14H19N3O2S. The van der Waals surface area contributed by atoms with E-state index in [1.54, 1.807) is 11.3 Å². The molecule has 1 atom stereocenters. The van der Waals surface area contributed by atoms with Crippen molar-refractivity contribution in [3.8, 4) is 0 Å². The number of thiophene rings is 1. The van der Waals surface area contributed by atoms with Crippen LogP contribution in [-0.2, 0) is 6.54 Å². The van der Waals surface area contributed by atoms with E-state index < -0.39 is 0 Å². The van der Waals surface area contributed by atoms with Gasteiger partial charge in [-0.25, -0.2) is 4.98 Å². The van der Waals surface area contributed by atoms with Crippen molar-refractivity contribution in [3.63, 3.8) is 0 Å². The Labute approximate surface area is 121 Å². The molecule has 3 heterocycles. The molecule has 0 amide bonds. The third-order valence-corrected chi connectivity index (χ3v) is 5.25. The van der Waals surface area contributed by atoms with E-state index in [4.69, 9.17) is 0 Å². The number of nitrogens with one attached hydrogen (secondary N) is 1. The Balaban J connectivity index is 1.95. The minimum absolute atomic E-state index is 0.0494. The van der Waals surface area contributed by atoms with Crippen molar-refractivity contribution in [1.29, 1.82) is 0 Å². The van der Waals surface area contributed by atoms with Crippen molar-refractivity contribution in [2.45, 2.75) is 39.3 Å². The summed E-state index contributed by atoms with van der Waals surface area (Å²) in [7, 11) is 0. The molecule has 108 valence electrons. The lowest BCUT2D eigenvalue weighted by atomic mass is 10.2. The monoisotopic (exact) mass is 293 g/mol. The Morgan fingerprint density at radius 2 is 2.30 bits per heavy atom. The molecule has 20 heavy (non-hydrogen) atoms. The summed E-state index contributed by atoms with van der Waals surface area (Å²) in [6.45, 7) is 5.71. The van der Waals surface area contributed by atoms with Crippen LogP contribution >= 0.6 is 11.3 Å². The normalized spacial score (nSPS) is 20.1. The number of nitrogens with zero attached hydrogens (tertiary/aromatic N) is 2. The highest BCUT2D eigenvalue weighted by atomic mass is 32.1. The number of likely N-dealkylation sites (tertiary alicyclic amines) is 1. The van der Waals surface area contributed by atoms with Gasteiger partial charge in [-0.15, -0.1) is 11.3 Å². The summed E-state index contributed by atoms with van der Waals surface area (Å²) in [5.74, 6) is 0.698. The maximum absolute atomic E-state index is 12.2. The van der Waals surface area contributed by atoms with E-state index in [1.165, 1.54) is 0 Å². The van der Waals surface area contributed by atoms with Gasteiger partial charge >= 0.3 is 0 Å². The number of aliphatic hydroxyl groups is 1. The van der Waals surface area contributed by atoms with Crippen LogP contribution < -0.4 is 5.56 Å². The molecule has 1 fully saturated rings. The number of hydrogen-bond acceptors (Lipinski definition) is 5. The van der Waals surface area contributed by atoms with Crippen LogP contribution in [0.3, 0.4) is 0 Å². The lowest BCUT2D eigenvalue weighted by Crippen LogP contribution is -2.32. The van der Waals surface area contributed by atoms with Crippen LogP contribution in [0.4, 0.5) is 0 Å². The maximum atomic E-state index is 12.2. The van der Waals surface area contributed by atoms with E-state index in [2.05, 4.69) is 14.9 Å². The lowest BCUT2D eigenvalue weighted by Gasteiger charge is -2.21. The minimum Gasteiger partial charge on any atom is -0.395 e. The van der Waals surface area contributed by atoms with Gasteiger partial charge in [-0.3, -0.25) is 9.69 Å². The fourth-order valence-corrected chi connectivity index (χ4v) is 3.93. The molecule has 1 aliphatic rings. The zero-order chi connectivity index (χ0) is 14.3. The fraction of sp³-hybridized carbons (Fsp3) is 0.571. The van der Waals surface area contributed by atoms with E-state index in [0.29, 0.717) is 12.4 Å². The molecule has 0 bridgehead atoms. The highest BCUT2D eigenvalue weighted by molar-refractivity contribution is 7.18. The first-order valence-electron chi connectivity index (χ1n) is 6.94. The molecule has 0 saturated carbocycles. The maximum Gasteiger partial charge on any atom is 0.259 e. The van der Waals surface area contributed by atoms with Crippen LogP contribution in [0.25, 0.3) is 10.2 Å². The third kappa shape index (κ3) is 2.28. The molecule has 2 N–H and O–H groups in total. The topological polar surface area (TPSA) is 69.2 Å². The number of hydrogen-bond donors (Lipinski definition) is 2. The summed E-state index contributed by atoms with van der Waals surface area (Å²) >= 11 is 1.57. The summed E-state index contributed by atoms with van der Waals surface area (Å²) < 4.78 is 0. The van der Waals surface area contributed by atoms with Crippen LogP contribution in [0.1, 0.15) is 29.1 Å². The predicted octanol–water partition coefficient (Wildman–Crippen LogP) is 1.56. The Morgan fingerprint density at radius 1 is 1.50 bits per heavy atom. The highest BCUT2D eigenvalue weighted by Crippen LogP contribution is 2.26. The summed E-state index contributed by atoms with van der Waals surface area (Å²) in [4.78, 5) is 23.8. The molecule has 0 spiro atoms. The Kier molecular flexibility index (Phi) is 3.62. The van der Waals surface area contributed by atoms with Gasteiger partial charge in [0, 0.05) is 10.9 Å². The van der Waals surface area contributed by atoms with Gasteiger partial charge in [0.25, 0.3) is 5.56 Å². The molecule has 1 aliphatic heterocycles. The first-order chi connectivity index (χ1) is 9.60. The van der Waals surface area contributed by atoms with Gasteiger partial charge in [-0.1, -0.05) is 0 Å². The largest absolute Gasteiger partial charge is 0.395 e. The molecule has 0 aliphatic carbocycles. The van der Waals surface area contributed by atoms with Crippen molar-refractivity contribution in [1.82, 2.24) is 14.9 Å². The van der Waals surface area contributed by atoms with Gasteiger partial charge in [0.05, 0.1) is 18.5 Å². The van der Waals surface area contributed by atoms with E-state index in [9.17, 15) is 9.90 Å². The molecule has 3 rings (SSSR count). The van der Waals surface area contributed by atoms with Crippen LogP contribution in [0, 0.1) is 13.8 Å². The number of aliphatic hydroxyl groups excluding tert-OH is 1. The Hall–Kier alpha value is -1.24. The first-order valence-corrected chi connectivity index (χ1v) is 7.75. The summed E-state index contributed by atoms with van der Waals surface area (Å²) in [6.07, 6.45) is 2.11. The van der Waals surface area contributed by atoms with Crippen LogP contribution in [0.2, 0.25) is 0 Å². The van der Waals surface area contributed by atoms with Gasteiger partial charge < -0.3 is 10.1 Å². The average molecular weight is 293 g/mol. The van der Waals surface area contributed by atoms with Crippen molar-refractivity contribution >= 4 is 21.6 Å². The fourth-order valence-electron chi connectivity index (χ4n) is 2.88. The lowest BCUT2D eigenvalue weighted by molar-refractivity contribution is 0.151.